The fourth-order valence-electron chi connectivity index (χ4n) is 2.99. The molecule has 3 aromatic heterocycles. The van der Waals surface area contributed by atoms with Crippen LogP contribution in [0.4, 0.5) is 9.52 Å². The normalized spacial score (nSPS) is 11.1. The number of anilines is 1. The van der Waals surface area contributed by atoms with Crippen molar-refractivity contribution in [1.82, 2.24) is 19.1 Å². The van der Waals surface area contributed by atoms with E-state index in [4.69, 9.17) is 0 Å². The average Bonchev–Trinajstić information content (AvgIpc) is 3.28. The molecular formula is C19H16FN5O2S. The van der Waals surface area contributed by atoms with Crippen molar-refractivity contribution in [3.8, 4) is 11.3 Å². The van der Waals surface area contributed by atoms with Gasteiger partial charge in [0.05, 0.1) is 17.5 Å². The molecule has 0 bridgehead atoms. The predicted molar refractivity (Wildman–Crippen MR) is 106 cm³/mol. The first-order valence-electron chi connectivity index (χ1n) is 8.45. The number of thiazole rings is 1. The number of rotatable bonds is 4. The number of aryl methyl sites for hydroxylation is 2. The van der Waals surface area contributed by atoms with Crippen LogP contribution in [0.5, 0.6) is 0 Å². The Bertz CT molecular complexity index is 1240. The Kier molecular flexibility index (Phi) is 4.52. The van der Waals surface area contributed by atoms with Crippen LogP contribution < -0.4 is 10.9 Å². The van der Waals surface area contributed by atoms with E-state index in [1.165, 1.54) is 34.1 Å². The Morgan fingerprint density at radius 3 is 2.79 bits per heavy atom. The number of carbonyl (C=O) groups is 1. The number of fused-ring (bicyclic) bond motifs is 1. The van der Waals surface area contributed by atoms with Gasteiger partial charge in [-0.15, -0.1) is 11.3 Å². The van der Waals surface area contributed by atoms with Gasteiger partial charge in [-0.2, -0.15) is 0 Å². The molecule has 0 aliphatic heterocycles. The highest BCUT2D eigenvalue weighted by atomic mass is 32.1. The Morgan fingerprint density at radius 1 is 1.29 bits per heavy atom. The first kappa shape index (κ1) is 18.1. The summed E-state index contributed by atoms with van der Waals surface area (Å²) in [6.07, 6.45) is 1.54. The van der Waals surface area contributed by atoms with E-state index < -0.39 is 0 Å². The molecular weight excluding hydrogens is 381 g/mol. The molecule has 1 N–H and O–H groups in total. The van der Waals surface area contributed by atoms with E-state index in [1.807, 2.05) is 6.92 Å². The molecule has 0 spiro atoms. The third-order valence-electron chi connectivity index (χ3n) is 4.38. The summed E-state index contributed by atoms with van der Waals surface area (Å²) < 4.78 is 16.2. The summed E-state index contributed by atoms with van der Waals surface area (Å²) in [4.78, 5) is 33.0. The lowest BCUT2D eigenvalue weighted by molar-refractivity contribution is -0.116. The molecule has 0 unspecified atom stereocenters. The number of benzene rings is 1. The number of pyridine rings is 1. The minimum Gasteiger partial charge on any atom is -0.320 e. The van der Waals surface area contributed by atoms with Crippen molar-refractivity contribution in [3.05, 3.63) is 63.8 Å². The van der Waals surface area contributed by atoms with Gasteiger partial charge in [0.25, 0.3) is 5.56 Å². The number of aromatic nitrogens is 4. The molecule has 1 amide bonds. The Balaban J connectivity index is 1.53. The van der Waals surface area contributed by atoms with Crippen LogP contribution in [0.3, 0.4) is 0 Å². The molecule has 0 aliphatic carbocycles. The third kappa shape index (κ3) is 3.31. The first-order chi connectivity index (χ1) is 13.4. The summed E-state index contributed by atoms with van der Waals surface area (Å²) in [5, 5.41) is 5.03. The van der Waals surface area contributed by atoms with Crippen LogP contribution in [-0.2, 0) is 18.4 Å². The summed E-state index contributed by atoms with van der Waals surface area (Å²) in [6.45, 7) is 1.86. The molecule has 4 aromatic rings. The maximum atomic E-state index is 13.0. The van der Waals surface area contributed by atoms with Crippen molar-refractivity contribution in [2.24, 2.45) is 7.05 Å². The number of hydrogen-bond donors (Lipinski definition) is 1. The van der Waals surface area contributed by atoms with E-state index in [0.717, 1.165) is 16.6 Å². The maximum absolute atomic E-state index is 13.0. The average molecular weight is 397 g/mol. The summed E-state index contributed by atoms with van der Waals surface area (Å²) >= 11 is 1.29. The van der Waals surface area contributed by atoms with Crippen molar-refractivity contribution >= 4 is 33.5 Å². The van der Waals surface area contributed by atoms with E-state index in [-0.39, 0.29) is 23.8 Å². The van der Waals surface area contributed by atoms with Gasteiger partial charge < -0.3 is 9.88 Å². The highest BCUT2D eigenvalue weighted by Gasteiger charge is 2.14. The van der Waals surface area contributed by atoms with Gasteiger partial charge in [0, 0.05) is 24.1 Å². The summed E-state index contributed by atoms with van der Waals surface area (Å²) in [7, 11) is 1.65. The van der Waals surface area contributed by atoms with Gasteiger partial charge in [0.15, 0.2) is 10.8 Å². The van der Waals surface area contributed by atoms with Crippen molar-refractivity contribution in [2.45, 2.75) is 13.5 Å². The Hall–Kier alpha value is -3.33. The topological polar surface area (TPSA) is 81.8 Å². The number of imidazole rings is 1. The van der Waals surface area contributed by atoms with Crippen LogP contribution in [0.2, 0.25) is 0 Å². The predicted octanol–water partition coefficient (Wildman–Crippen LogP) is 2.94. The van der Waals surface area contributed by atoms with Crippen molar-refractivity contribution < 1.29 is 9.18 Å². The van der Waals surface area contributed by atoms with Crippen LogP contribution in [0, 0.1) is 12.7 Å². The van der Waals surface area contributed by atoms with E-state index in [0.29, 0.717) is 16.5 Å². The molecule has 0 atom stereocenters. The molecule has 28 heavy (non-hydrogen) atoms. The number of carbonyl (C=O) groups excluding carboxylic acids is 1. The summed E-state index contributed by atoms with van der Waals surface area (Å²) in [5.41, 5.74) is 3.33. The molecule has 0 saturated carbocycles. The summed E-state index contributed by atoms with van der Waals surface area (Å²) in [5.74, 6) is -0.569. The van der Waals surface area contributed by atoms with Crippen LogP contribution in [0.25, 0.3) is 22.4 Å². The molecule has 0 radical (unpaired) electrons. The van der Waals surface area contributed by atoms with Gasteiger partial charge in [0.1, 0.15) is 12.4 Å². The zero-order valence-electron chi connectivity index (χ0n) is 15.1. The molecule has 3 heterocycles. The lowest BCUT2D eigenvalue weighted by Crippen LogP contribution is -2.20. The second-order valence-corrected chi connectivity index (χ2v) is 7.22. The number of hydrogen-bond acceptors (Lipinski definition) is 5. The van der Waals surface area contributed by atoms with E-state index >= 15 is 0 Å². The van der Waals surface area contributed by atoms with Crippen molar-refractivity contribution in [3.63, 3.8) is 0 Å². The number of amides is 1. The molecule has 1 aromatic carbocycles. The molecule has 9 heteroatoms. The van der Waals surface area contributed by atoms with Gasteiger partial charge in [0.2, 0.25) is 5.91 Å². The van der Waals surface area contributed by atoms with Gasteiger partial charge in [-0.1, -0.05) is 0 Å². The van der Waals surface area contributed by atoms with E-state index in [2.05, 4.69) is 15.3 Å². The van der Waals surface area contributed by atoms with Gasteiger partial charge in [-0.3, -0.25) is 14.2 Å². The second-order valence-electron chi connectivity index (χ2n) is 6.36. The highest BCUT2D eigenvalue weighted by molar-refractivity contribution is 7.14. The minimum absolute atomic E-state index is 0.0427. The molecule has 0 saturated heterocycles. The molecule has 0 fully saturated rings. The largest absolute Gasteiger partial charge is 0.320 e. The Labute approximate surface area is 163 Å². The first-order valence-corrected chi connectivity index (χ1v) is 9.33. The smallest absolute Gasteiger partial charge is 0.252 e. The van der Waals surface area contributed by atoms with Crippen molar-refractivity contribution in [2.75, 3.05) is 5.32 Å². The van der Waals surface area contributed by atoms with Crippen LogP contribution in [0.1, 0.15) is 5.56 Å². The molecule has 4 rings (SSSR count). The van der Waals surface area contributed by atoms with Gasteiger partial charge in [-0.25, -0.2) is 14.4 Å². The maximum Gasteiger partial charge on any atom is 0.252 e. The lowest BCUT2D eigenvalue weighted by Gasteiger charge is -2.07. The fraction of sp³-hybridized carbons (Fsp3) is 0.158. The zero-order chi connectivity index (χ0) is 19.8. The minimum atomic E-state index is -0.312. The summed E-state index contributed by atoms with van der Waals surface area (Å²) in [6, 6.07) is 7.54. The monoisotopic (exact) mass is 397 g/mol. The van der Waals surface area contributed by atoms with Crippen LogP contribution in [0.15, 0.2) is 46.8 Å². The van der Waals surface area contributed by atoms with E-state index in [9.17, 15) is 14.0 Å². The Morgan fingerprint density at radius 2 is 2.04 bits per heavy atom. The fourth-order valence-corrected chi connectivity index (χ4v) is 3.73. The molecule has 7 nitrogen and oxygen atoms in total. The number of nitrogens with zero attached hydrogens (tertiary/aromatic N) is 4. The van der Waals surface area contributed by atoms with Crippen LogP contribution in [-0.4, -0.2) is 25.0 Å². The van der Waals surface area contributed by atoms with Crippen LogP contribution >= 0.6 is 11.3 Å². The van der Waals surface area contributed by atoms with Gasteiger partial charge in [-0.05, 0) is 36.8 Å². The third-order valence-corrected chi connectivity index (χ3v) is 5.14. The number of nitrogens with one attached hydrogen (secondary N) is 1. The molecule has 142 valence electrons. The van der Waals surface area contributed by atoms with Gasteiger partial charge >= 0.3 is 0 Å². The SMILES string of the molecule is Cc1cc(=O)n(C)c2ncn(CC(=O)Nc3nc(-c4ccc(F)cc4)cs3)c12. The molecule has 0 aliphatic rings. The highest BCUT2D eigenvalue weighted by Crippen LogP contribution is 2.25. The second kappa shape index (κ2) is 7.01. The zero-order valence-corrected chi connectivity index (χ0v) is 16.0. The number of halogens is 1. The standard InChI is InChI=1S/C19H16FN5O2S/c1-11-7-16(27)24(2)18-17(11)25(10-21-18)8-15(26)23-19-22-14(9-28-19)12-3-5-13(20)6-4-12/h3-7,9-10H,8H2,1-2H3,(H,22,23,26). The van der Waals surface area contributed by atoms with E-state index in [1.54, 1.807) is 35.5 Å². The quantitative estimate of drug-likeness (QED) is 0.574. The van der Waals surface area contributed by atoms with Crippen molar-refractivity contribution in [1.29, 1.82) is 0 Å². The lowest BCUT2D eigenvalue weighted by atomic mass is 10.2.